The van der Waals surface area contributed by atoms with E-state index in [2.05, 4.69) is 9.97 Å². The van der Waals surface area contributed by atoms with Crippen LogP contribution >= 0.6 is 0 Å². The highest BCUT2D eigenvalue weighted by molar-refractivity contribution is 5.79. The van der Waals surface area contributed by atoms with Gasteiger partial charge in [-0.25, -0.2) is 9.78 Å². The fourth-order valence-electron chi connectivity index (χ4n) is 2.47. The summed E-state index contributed by atoms with van der Waals surface area (Å²) in [5, 5.41) is 0. The number of esters is 1. The first-order valence-electron chi connectivity index (χ1n) is 6.98. The van der Waals surface area contributed by atoms with Crippen LogP contribution in [-0.2, 0) is 9.53 Å². The van der Waals surface area contributed by atoms with Gasteiger partial charge in [0.15, 0.2) is 0 Å². The Kier molecular flexibility index (Phi) is 4.42. The molecule has 0 amide bonds. The van der Waals surface area contributed by atoms with Gasteiger partial charge in [0.25, 0.3) is 5.56 Å². The van der Waals surface area contributed by atoms with E-state index in [0.717, 1.165) is 19.3 Å². The zero-order valence-electron chi connectivity index (χ0n) is 12.2. The molecule has 110 valence electrons. The monoisotopic (exact) mass is 279 g/mol. The summed E-state index contributed by atoms with van der Waals surface area (Å²) in [6.45, 7) is 4.65. The van der Waals surface area contributed by atoms with Gasteiger partial charge in [0.2, 0.25) is 0 Å². The first-order valence-corrected chi connectivity index (χ1v) is 6.98. The molecule has 20 heavy (non-hydrogen) atoms. The lowest BCUT2D eigenvalue weighted by atomic mass is 10.0. The Balaban J connectivity index is 2.37. The number of aromatic amines is 1. The lowest BCUT2D eigenvalue weighted by Gasteiger charge is -2.34. The van der Waals surface area contributed by atoms with Gasteiger partial charge in [0.05, 0.1) is 7.11 Å². The number of hydrogen-bond acceptors (Lipinski definition) is 5. The Hall–Kier alpha value is -1.85. The molecule has 1 aromatic rings. The third-order valence-electron chi connectivity index (χ3n) is 3.56. The molecule has 6 nitrogen and oxygen atoms in total. The summed E-state index contributed by atoms with van der Waals surface area (Å²) < 4.78 is 4.86. The molecule has 1 fully saturated rings. The molecule has 1 unspecified atom stereocenters. The number of ether oxygens (including phenoxy) is 1. The van der Waals surface area contributed by atoms with E-state index in [1.165, 1.54) is 13.2 Å². The highest BCUT2D eigenvalue weighted by Gasteiger charge is 2.30. The van der Waals surface area contributed by atoms with Gasteiger partial charge in [-0.05, 0) is 19.3 Å². The van der Waals surface area contributed by atoms with Gasteiger partial charge in [-0.1, -0.05) is 13.8 Å². The van der Waals surface area contributed by atoms with Crippen molar-refractivity contribution in [2.24, 2.45) is 0 Å². The average molecular weight is 279 g/mol. The van der Waals surface area contributed by atoms with Crippen molar-refractivity contribution in [3.05, 3.63) is 22.2 Å². The second kappa shape index (κ2) is 6.07. The zero-order valence-corrected chi connectivity index (χ0v) is 12.2. The largest absolute Gasteiger partial charge is 0.467 e. The molecule has 1 aromatic heterocycles. The van der Waals surface area contributed by atoms with E-state index in [1.54, 1.807) is 0 Å². The number of methoxy groups -OCH3 is 1. The molecule has 1 saturated heterocycles. The Labute approximate surface area is 118 Å². The molecule has 0 bridgehead atoms. The fraction of sp³-hybridized carbons (Fsp3) is 0.643. The number of carbonyl (C=O) groups excluding carboxylic acids is 1. The lowest BCUT2D eigenvalue weighted by Crippen LogP contribution is -2.46. The highest BCUT2D eigenvalue weighted by atomic mass is 16.5. The molecule has 0 saturated carbocycles. The normalized spacial score (nSPS) is 19.2. The van der Waals surface area contributed by atoms with Gasteiger partial charge < -0.3 is 14.6 Å². The van der Waals surface area contributed by atoms with E-state index >= 15 is 0 Å². The third-order valence-corrected chi connectivity index (χ3v) is 3.56. The molecule has 1 atom stereocenters. The smallest absolute Gasteiger partial charge is 0.328 e. The number of carbonyl (C=O) groups is 1. The van der Waals surface area contributed by atoms with E-state index in [0.29, 0.717) is 18.2 Å². The SMILES string of the molecule is COC(=O)C1CCCCN1c1cc(=O)[nH]c(C(C)C)n1. The van der Waals surface area contributed by atoms with Crippen molar-refractivity contribution in [1.29, 1.82) is 0 Å². The summed E-state index contributed by atoms with van der Waals surface area (Å²) in [6.07, 6.45) is 2.70. The van der Waals surface area contributed by atoms with Crippen molar-refractivity contribution < 1.29 is 9.53 Å². The summed E-state index contributed by atoms with van der Waals surface area (Å²) in [4.78, 5) is 32.7. The number of hydrogen-bond donors (Lipinski definition) is 1. The van der Waals surface area contributed by atoms with E-state index in [4.69, 9.17) is 4.74 Å². The molecule has 0 aromatic carbocycles. The molecule has 1 aliphatic rings. The van der Waals surface area contributed by atoms with Crippen LogP contribution in [-0.4, -0.2) is 35.6 Å². The average Bonchev–Trinajstić information content (AvgIpc) is 2.45. The number of piperidine rings is 1. The van der Waals surface area contributed by atoms with Crippen LogP contribution in [0.3, 0.4) is 0 Å². The molecule has 1 aliphatic heterocycles. The second-order valence-electron chi connectivity index (χ2n) is 5.37. The van der Waals surface area contributed by atoms with Crippen molar-refractivity contribution in [3.63, 3.8) is 0 Å². The summed E-state index contributed by atoms with van der Waals surface area (Å²) in [5.74, 6) is 1.07. The van der Waals surface area contributed by atoms with E-state index in [1.807, 2.05) is 18.7 Å². The van der Waals surface area contributed by atoms with Crippen LogP contribution < -0.4 is 10.5 Å². The Morgan fingerprint density at radius 2 is 2.25 bits per heavy atom. The van der Waals surface area contributed by atoms with Gasteiger partial charge in [-0.2, -0.15) is 0 Å². The minimum absolute atomic E-state index is 0.129. The van der Waals surface area contributed by atoms with Crippen LogP contribution in [0.5, 0.6) is 0 Å². The van der Waals surface area contributed by atoms with Crippen LogP contribution in [0.15, 0.2) is 10.9 Å². The number of nitrogens with one attached hydrogen (secondary N) is 1. The topological polar surface area (TPSA) is 75.3 Å². The molecule has 6 heteroatoms. The minimum atomic E-state index is -0.344. The van der Waals surface area contributed by atoms with Crippen LogP contribution in [0.25, 0.3) is 0 Å². The summed E-state index contributed by atoms with van der Waals surface area (Å²) >= 11 is 0. The summed E-state index contributed by atoms with van der Waals surface area (Å²) in [5.41, 5.74) is -0.187. The molecule has 2 rings (SSSR count). The first kappa shape index (κ1) is 14.6. The Morgan fingerprint density at radius 3 is 2.90 bits per heavy atom. The van der Waals surface area contributed by atoms with Gasteiger partial charge in [-0.3, -0.25) is 4.79 Å². The van der Waals surface area contributed by atoms with Gasteiger partial charge in [0.1, 0.15) is 17.7 Å². The molecule has 1 N–H and O–H groups in total. The summed E-state index contributed by atoms with van der Waals surface area (Å²) in [7, 11) is 1.39. The predicted molar refractivity (Wildman–Crippen MR) is 75.9 cm³/mol. The lowest BCUT2D eigenvalue weighted by molar-refractivity contribution is -0.142. The molecule has 0 aliphatic carbocycles. The van der Waals surface area contributed by atoms with Crippen molar-refractivity contribution in [2.45, 2.75) is 45.1 Å². The van der Waals surface area contributed by atoms with Crippen molar-refractivity contribution in [2.75, 3.05) is 18.6 Å². The molecular weight excluding hydrogens is 258 g/mol. The Bertz CT molecular complexity index is 539. The molecule has 0 radical (unpaired) electrons. The van der Waals surface area contributed by atoms with E-state index < -0.39 is 0 Å². The van der Waals surface area contributed by atoms with Crippen molar-refractivity contribution in [1.82, 2.24) is 9.97 Å². The maximum atomic E-state index is 11.9. The first-order chi connectivity index (χ1) is 9.52. The number of aromatic nitrogens is 2. The Morgan fingerprint density at radius 1 is 1.50 bits per heavy atom. The summed E-state index contributed by atoms with van der Waals surface area (Å²) in [6, 6.07) is 1.11. The fourth-order valence-corrected chi connectivity index (χ4v) is 2.47. The quantitative estimate of drug-likeness (QED) is 0.847. The molecular formula is C14H21N3O3. The molecule has 2 heterocycles. The third kappa shape index (κ3) is 3.00. The second-order valence-corrected chi connectivity index (χ2v) is 5.37. The van der Waals surface area contributed by atoms with Crippen molar-refractivity contribution >= 4 is 11.8 Å². The van der Waals surface area contributed by atoms with Gasteiger partial charge in [-0.15, -0.1) is 0 Å². The standard InChI is InChI=1S/C14H21N3O3/c1-9(2)13-15-11(8-12(18)16-13)17-7-5-4-6-10(17)14(19)20-3/h8-10H,4-7H2,1-3H3,(H,15,16,18). The number of anilines is 1. The van der Waals surface area contributed by atoms with Crippen LogP contribution in [0.4, 0.5) is 5.82 Å². The van der Waals surface area contributed by atoms with Crippen LogP contribution in [0, 0.1) is 0 Å². The minimum Gasteiger partial charge on any atom is -0.467 e. The maximum Gasteiger partial charge on any atom is 0.328 e. The number of nitrogens with zero attached hydrogens (tertiary/aromatic N) is 2. The van der Waals surface area contributed by atoms with Gasteiger partial charge in [0, 0.05) is 18.5 Å². The predicted octanol–water partition coefficient (Wildman–Crippen LogP) is 1.43. The highest BCUT2D eigenvalue weighted by Crippen LogP contribution is 2.24. The number of rotatable bonds is 3. The number of H-pyrrole nitrogens is 1. The zero-order chi connectivity index (χ0) is 14.7. The van der Waals surface area contributed by atoms with E-state index in [9.17, 15) is 9.59 Å². The van der Waals surface area contributed by atoms with E-state index in [-0.39, 0.29) is 23.5 Å². The van der Waals surface area contributed by atoms with Crippen molar-refractivity contribution in [3.8, 4) is 0 Å². The molecule has 0 spiro atoms. The van der Waals surface area contributed by atoms with Crippen LogP contribution in [0.2, 0.25) is 0 Å². The maximum absolute atomic E-state index is 11.9. The van der Waals surface area contributed by atoms with Crippen LogP contribution in [0.1, 0.15) is 44.9 Å². The van der Waals surface area contributed by atoms with Gasteiger partial charge >= 0.3 is 5.97 Å².